The molecule has 1 fully saturated rings. The smallest absolute Gasteiger partial charge is 0.416 e. The van der Waals surface area contributed by atoms with Gasteiger partial charge < -0.3 is 14.5 Å². The summed E-state index contributed by atoms with van der Waals surface area (Å²) in [5.41, 5.74) is 0.438. The minimum atomic E-state index is -4.44. The Morgan fingerprint density at radius 2 is 1.58 bits per heavy atom. The van der Waals surface area contributed by atoms with Gasteiger partial charge in [0.25, 0.3) is 11.8 Å². The molecule has 0 N–H and O–H groups in total. The van der Waals surface area contributed by atoms with Crippen LogP contribution in [0.25, 0.3) is 0 Å². The highest BCUT2D eigenvalue weighted by Crippen LogP contribution is 2.29. The summed E-state index contributed by atoms with van der Waals surface area (Å²) in [7, 11) is 0. The van der Waals surface area contributed by atoms with Gasteiger partial charge in [-0.3, -0.25) is 9.59 Å². The second kappa shape index (κ2) is 9.85. The first-order valence-electron chi connectivity index (χ1n) is 10.2. The number of benzene rings is 2. The molecule has 8 heteroatoms. The Morgan fingerprint density at radius 3 is 2.26 bits per heavy atom. The van der Waals surface area contributed by atoms with Crippen LogP contribution in [0, 0.1) is 0 Å². The Hall–Kier alpha value is -3.03. The normalized spacial score (nSPS) is 14.8. The Kier molecular flexibility index (Phi) is 7.20. The average molecular weight is 434 g/mol. The third-order valence-corrected chi connectivity index (χ3v) is 5.30. The maximum absolute atomic E-state index is 12.7. The number of rotatable bonds is 5. The summed E-state index contributed by atoms with van der Waals surface area (Å²) < 4.78 is 43.9. The number of aryl methyl sites for hydroxylation is 1. The lowest BCUT2D eigenvalue weighted by molar-refractivity contribution is -0.137. The molecule has 1 aliphatic heterocycles. The van der Waals surface area contributed by atoms with E-state index in [0.717, 1.165) is 24.1 Å². The highest BCUT2D eigenvalue weighted by molar-refractivity contribution is 5.94. The molecular formula is C23H25F3N2O3. The summed E-state index contributed by atoms with van der Waals surface area (Å²) in [6.45, 7) is 3.53. The second-order valence-corrected chi connectivity index (χ2v) is 7.35. The van der Waals surface area contributed by atoms with E-state index < -0.39 is 11.7 Å². The van der Waals surface area contributed by atoms with Gasteiger partial charge in [0.2, 0.25) is 0 Å². The van der Waals surface area contributed by atoms with Crippen LogP contribution in [0.2, 0.25) is 0 Å². The van der Waals surface area contributed by atoms with Crippen LogP contribution in [0.5, 0.6) is 5.75 Å². The lowest BCUT2D eigenvalue weighted by Gasteiger charge is -2.22. The molecular weight excluding hydrogens is 409 g/mol. The molecule has 166 valence electrons. The number of hydrogen-bond acceptors (Lipinski definition) is 3. The van der Waals surface area contributed by atoms with Gasteiger partial charge in [-0.1, -0.05) is 25.1 Å². The van der Waals surface area contributed by atoms with Gasteiger partial charge in [0.1, 0.15) is 5.75 Å². The summed E-state index contributed by atoms with van der Waals surface area (Å²) in [5, 5.41) is 0. The van der Waals surface area contributed by atoms with Crippen LogP contribution >= 0.6 is 0 Å². The highest BCUT2D eigenvalue weighted by Gasteiger charge is 2.30. The van der Waals surface area contributed by atoms with Crippen molar-refractivity contribution in [2.75, 3.05) is 32.8 Å². The fraction of sp³-hybridized carbons (Fsp3) is 0.391. The van der Waals surface area contributed by atoms with Crippen LogP contribution in [-0.4, -0.2) is 54.4 Å². The molecule has 2 amide bonds. The van der Waals surface area contributed by atoms with Gasteiger partial charge in [-0.05, 0) is 48.7 Å². The van der Waals surface area contributed by atoms with E-state index in [1.165, 1.54) is 12.1 Å². The molecule has 1 aliphatic rings. The maximum Gasteiger partial charge on any atom is 0.416 e. The lowest BCUT2D eigenvalue weighted by Crippen LogP contribution is -2.39. The van der Waals surface area contributed by atoms with Crippen molar-refractivity contribution in [3.63, 3.8) is 0 Å². The summed E-state index contributed by atoms with van der Waals surface area (Å²) >= 11 is 0. The average Bonchev–Trinajstić information content (AvgIpc) is 3.03. The molecule has 0 unspecified atom stereocenters. The highest BCUT2D eigenvalue weighted by atomic mass is 19.4. The molecule has 0 aromatic heterocycles. The number of hydrogen-bond donors (Lipinski definition) is 0. The van der Waals surface area contributed by atoms with Crippen LogP contribution in [0.3, 0.4) is 0 Å². The molecule has 0 radical (unpaired) electrons. The fourth-order valence-electron chi connectivity index (χ4n) is 3.52. The predicted octanol–water partition coefficient (Wildman–Crippen LogP) is 4.02. The topological polar surface area (TPSA) is 49.9 Å². The van der Waals surface area contributed by atoms with E-state index in [2.05, 4.69) is 0 Å². The Labute approximate surface area is 179 Å². The van der Waals surface area contributed by atoms with E-state index in [0.29, 0.717) is 38.3 Å². The van der Waals surface area contributed by atoms with Crippen LogP contribution in [-0.2, 0) is 17.4 Å². The molecule has 0 spiro atoms. The van der Waals surface area contributed by atoms with Crippen LogP contribution in [0.15, 0.2) is 48.5 Å². The zero-order valence-electron chi connectivity index (χ0n) is 17.3. The molecule has 0 saturated carbocycles. The monoisotopic (exact) mass is 434 g/mol. The van der Waals surface area contributed by atoms with E-state index in [1.807, 2.05) is 31.2 Å². The zero-order valence-corrected chi connectivity index (χ0v) is 17.3. The number of halogens is 3. The van der Waals surface area contributed by atoms with E-state index in [1.54, 1.807) is 9.80 Å². The number of ether oxygens (including phenoxy) is 1. The predicted molar refractivity (Wildman–Crippen MR) is 110 cm³/mol. The van der Waals surface area contributed by atoms with Gasteiger partial charge in [-0.15, -0.1) is 0 Å². The van der Waals surface area contributed by atoms with Gasteiger partial charge in [-0.2, -0.15) is 13.2 Å². The molecule has 0 aliphatic carbocycles. The Balaban J connectivity index is 1.56. The van der Waals surface area contributed by atoms with Crippen molar-refractivity contribution in [1.82, 2.24) is 9.80 Å². The van der Waals surface area contributed by atoms with Crippen molar-refractivity contribution in [2.24, 2.45) is 0 Å². The summed E-state index contributed by atoms with van der Waals surface area (Å²) in [4.78, 5) is 28.5. The van der Waals surface area contributed by atoms with Crippen LogP contribution in [0.4, 0.5) is 13.2 Å². The van der Waals surface area contributed by atoms with Crippen LogP contribution < -0.4 is 4.74 Å². The summed E-state index contributed by atoms with van der Waals surface area (Å²) in [6, 6.07) is 11.8. The number of nitrogens with zero attached hydrogens (tertiary/aromatic N) is 2. The summed E-state index contributed by atoms with van der Waals surface area (Å²) in [6.07, 6.45) is -3.05. The number of carbonyl (C=O) groups is 2. The zero-order chi connectivity index (χ0) is 22.4. The second-order valence-electron chi connectivity index (χ2n) is 7.35. The van der Waals surface area contributed by atoms with E-state index in [9.17, 15) is 22.8 Å². The van der Waals surface area contributed by atoms with Crippen molar-refractivity contribution in [3.05, 3.63) is 65.2 Å². The molecule has 5 nitrogen and oxygen atoms in total. The third kappa shape index (κ3) is 5.77. The van der Waals surface area contributed by atoms with Crippen LogP contribution in [0.1, 0.15) is 34.8 Å². The van der Waals surface area contributed by atoms with Gasteiger partial charge in [0, 0.05) is 31.7 Å². The first kappa shape index (κ1) is 22.7. The van der Waals surface area contributed by atoms with E-state index in [-0.39, 0.29) is 24.0 Å². The van der Waals surface area contributed by atoms with Crippen molar-refractivity contribution in [2.45, 2.75) is 25.9 Å². The van der Waals surface area contributed by atoms with E-state index >= 15 is 0 Å². The minimum absolute atomic E-state index is 0.0795. The number of carbonyl (C=O) groups excluding carboxylic acids is 2. The SMILES string of the molecule is CCc1ccccc1OCC(=O)N1CCCN(C(=O)c2ccc(C(F)(F)F)cc2)CC1. The van der Waals surface area contributed by atoms with Crippen molar-refractivity contribution >= 4 is 11.8 Å². The van der Waals surface area contributed by atoms with E-state index in [4.69, 9.17) is 4.74 Å². The third-order valence-electron chi connectivity index (χ3n) is 5.30. The minimum Gasteiger partial charge on any atom is -0.483 e. The molecule has 1 saturated heterocycles. The van der Waals surface area contributed by atoms with Crippen molar-refractivity contribution in [3.8, 4) is 5.75 Å². The van der Waals surface area contributed by atoms with Crippen molar-refractivity contribution < 1.29 is 27.5 Å². The first-order valence-corrected chi connectivity index (χ1v) is 10.2. The Morgan fingerprint density at radius 1 is 0.935 bits per heavy atom. The first-order chi connectivity index (χ1) is 14.8. The molecule has 1 heterocycles. The van der Waals surface area contributed by atoms with Gasteiger partial charge in [0.15, 0.2) is 6.61 Å². The molecule has 2 aromatic rings. The Bertz CT molecular complexity index is 913. The van der Waals surface area contributed by atoms with Gasteiger partial charge in [0.05, 0.1) is 5.56 Å². The number of amides is 2. The lowest BCUT2D eigenvalue weighted by atomic mass is 10.1. The molecule has 2 aromatic carbocycles. The number of alkyl halides is 3. The molecule has 0 bridgehead atoms. The standard InChI is InChI=1S/C23H25F3N2O3/c1-2-17-6-3-4-7-20(17)31-16-21(29)27-12-5-13-28(15-14-27)22(30)18-8-10-19(11-9-18)23(24,25)26/h3-4,6-11H,2,5,12-16H2,1H3. The largest absolute Gasteiger partial charge is 0.483 e. The van der Waals surface area contributed by atoms with Gasteiger partial charge >= 0.3 is 6.18 Å². The maximum atomic E-state index is 12.7. The fourth-order valence-corrected chi connectivity index (χ4v) is 3.52. The molecule has 0 atom stereocenters. The van der Waals surface area contributed by atoms with Crippen molar-refractivity contribution in [1.29, 1.82) is 0 Å². The number of para-hydroxylation sites is 1. The quantitative estimate of drug-likeness (QED) is 0.714. The molecule has 3 rings (SSSR count). The van der Waals surface area contributed by atoms with Gasteiger partial charge in [-0.25, -0.2) is 0 Å². The molecule has 31 heavy (non-hydrogen) atoms. The summed E-state index contributed by atoms with van der Waals surface area (Å²) in [5.74, 6) is 0.193.